The molecular weight excluding hydrogens is 733 g/mol. The van der Waals surface area contributed by atoms with Crippen molar-refractivity contribution in [2.45, 2.75) is 51.7 Å². The van der Waals surface area contributed by atoms with Crippen LogP contribution in [-0.4, -0.2) is 125 Å². The van der Waals surface area contributed by atoms with Crippen molar-refractivity contribution in [1.29, 1.82) is 5.26 Å². The Balaban J connectivity index is 0.000000410. The topological polar surface area (TPSA) is 122 Å². The number of aliphatic hydroxyl groups excluding tert-OH is 1. The number of amides is 1. The molecule has 3 saturated heterocycles. The van der Waals surface area contributed by atoms with E-state index in [1.54, 1.807) is 41.3 Å². The zero-order valence-electron chi connectivity index (χ0n) is 31.5. The highest BCUT2D eigenvalue weighted by molar-refractivity contribution is 6.36. The molecule has 11 nitrogen and oxygen atoms in total. The number of nitrogens with zero attached hydrogens (tertiary/aromatic N) is 8. The Morgan fingerprint density at radius 3 is 2.60 bits per heavy atom. The molecule has 3 aliphatic heterocycles. The molecule has 15 heteroatoms. The second kappa shape index (κ2) is 19.9. The summed E-state index contributed by atoms with van der Waals surface area (Å²) in [6.07, 6.45) is 8.68. The van der Waals surface area contributed by atoms with Crippen LogP contribution in [0.5, 0.6) is 6.01 Å². The lowest BCUT2D eigenvalue weighted by Crippen LogP contribution is -2.48. The Bertz CT molecular complexity index is 1990. The number of hydrogen-bond donors (Lipinski definition) is 1. The first kappa shape index (κ1) is 41.6. The average Bonchev–Trinajstić information content (AvgIpc) is 3.78. The van der Waals surface area contributed by atoms with E-state index in [0.29, 0.717) is 79.4 Å². The molecule has 3 fully saturated rings. The van der Waals surface area contributed by atoms with Gasteiger partial charge in [-0.15, -0.1) is 0 Å². The number of nitriles is 1. The van der Waals surface area contributed by atoms with Crippen molar-refractivity contribution in [3.05, 3.63) is 65.3 Å². The molecule has 5 heterocycles. The monoisotopic (exact) mass is 780 g/mol. The number of methoxy groups -OCH3 is 1. The van der Waals surface area contributed by atoms with Crippen molar-refractivity contribution in [3.8, 4) is 23.3 Å². The van der Waals surface area contributed by atoms with Crippen molar-refractivity contribution in [1.82, 2.24) is 29.7 Å². The standard InChI is InChI=1S/C31H33ClF2N6O3.C7H12FN.C2H3N/c1-3-11-38(17-18-41)12-5-8-24(42)39-13-15-40(16-14-39)30-22-19-35-28(27(34)29(22)36-31(37-30)43-2)21-7-4-6-20-9-10-23(33)26(32)25(20)21;8-6-4-7-2-1-3-9(7)5-6;1-2-3/h4-10,19,41H,3,11-18H2,1-2H3;6-7H,1-5H2;1H3/b8-5+;;. The molecule has 0 aliphatic carbocycles. The van der Waals surface area contributed by atoms with Gasteiger partial charge in [0.25, 0.3) is 0 Å². The Kier molecular flexibility index (Phi) is 15.0. The number of hydrogen-bond acceptors (Lipinski definition) is 10. The Morgan fingerprint density at radius 1 is 1.15 bits per heavy atom. The average molecular weight is 781 g/mol. The van der Waals surface area contributed by atoms with Crippen LogP contribution < -0.4 is 9.64 Å². The molecule has 4 aromatic rings. The lowest BCUT2D eigenvalue weighted by atomic mass is 10.0. The number of pyridine rings is 1. The number of anilines is 1. The fourth-order valence-electron chi connectivity index (χ4n) is 7.37. The molecule has 0 saturated carbocycles. The molecule has 294 valence electrons. The first-order valence-electron chi connectivity index (χ1n) is 18.6. The lowest BCUT2D eigenvalue weighted by Gasteiger charge is -2.35. The van der Waals surface area contributed by atoms with Gasteiger partial charge in [0.15, 0.2) is 5.82 Å². The number of ether oxygens (including phenoxy) is 1. The van der Waals surface area contributed by atoms with Gasteiger partial charge < -0.3 is 19.6 Å². The molecule has 55 heavy (non-hydrogen) atoms. The van der Waals surface area contributed by atoms with E-state index in [1.807, 2.05) is 11.0 Å². The highest BCUT2D eigenvalue weighted by Gasteiger charge is 2.34. The van der Waals surface area contributed by atoms with E-state index in [1.165, 1.54) is 39.1 Å². The van der Waals surface area contributed by atoms with Crippen molar-refractivity contribution in [2.24, 2.45) is 0 Å². The van der Waals surface area contributed by atoms with Crippen LogP contribution in [0.15, 0.2) is 48.7 Å². The summed E-state index contributed by atoms with van der Waals surface area (Å²) in [6.45, 7) is 9.24. The van der Waals surface area contributed by atoms with E-state index in [9.17, 15) is 18.7 Å². The predicted octanol–water partition coefficient (Wildman–Crippen LogP) is 6.42. The summed E-state index contributed by atoms with van der Waals surface area (Å²) in [5, 5.41) is 17.8. The number of benzene rings is 2. The van der Waals surface area contributed by atoms with Crippen molar-refractivity contribution >= 4 is 45.0 Å². The lowest BCUT2D eigenvalue weighted by molar-refractivity contribution is -0.126. The number of carbonyl (C=O) groups excluding carboxylic acids is 1. The number of alkyl halides is 1. The van der Waals surface area contributed by atoms with Crippen molar-refractivity contribution in [2.75, 3.05) is 77.5 Å². The third kappa shape index (κ3) is 10.0. The number of halogens is 4. The third-order valence-corrected chi connectivity index (χ3v) is 10.3. The number of aromatic nitrogens is 3. The molecule has 0 radical (unpaired) electrons. The van der Waals surface area contributed by atoms with E-state index in [2.05, 4.69) is 31.7 Å². The summed E-state index contributed by atoms with van der Waals surface area (Å²) in [5.74, 6) is -0.955. The molecule has 3 aliphatic rings. The number of rotatable bonds is 10. The van der Waals surface area contributed by atoms with E-state index in [0.717, 1.165) is 25.9 Å². The summed E-state index contributed by atoms with van der Waals surface area (Å²) in [7, 11) is 1.41. The van der Waals surface area contributed by atoms with Gasteiger partial charge in [0, 0.05) is 82.0 Å². The molecule has 2 unspecified atom stereocenters. The van der Waals surface area contributed by atoms with Gasteiger partial charge in [-0.3, -0.25) is 19.6 Å². The predicted molar refractivity (Wildman–Crippen MR) is 209 cm³/mol. The smallest absolute Gasteiger partial charge is 0.318 e. The summed E-state index contributed by atoms with van der Waals surface area (Å²) >= 11 is 6.31. The minimum absolute atomic E-state index is 0.0114. The van der Waals surface area contributed by atoms with Gasteiger partial charge in [0.2, 0.25) is 5.91 Å². The van der Waals surface area contributed by atoms with Crippen LogP contribution in [0.2, 0.25) is 5.02 Å². The molecule has 0 bridgehead atoms. The fraction of sp³-hybridized carbons (Fsp3) is 0.475. The maximum Gasteiger partial charge on any atom is 0.318 e. The zero-order chi connectivity index (χ0) is 39.5. The van der Waals surface area contributed by atoms with Crippen LogP contribution in [0.1, 0.15) is 39.5 Å². The van der Waals surface area contributed by atoms with E-state index in [4.69, 9.17) is 21.6 Å². The van der Waals surface area contributed by atoms with Gasteiger partial charge in [0.05, 0.1) is 30.2 Å². The largest absolute Gasteiger partial charge is 0.467 e. The molecule has 0 spiro atoms. The molecule has 7 rings (SSSR count). The zero-order valence-corrected chi connectivity index (χ0v) is 32.3. The van der Waals surface area contributed by atoms with E-state index < -0.39 is 17.8 Å². The van der Waals surface area contributed by atoms with Gasteiger partial charge in [0.1, 0.15) is 29.0 Å². The van der Waals surface area contributed by atoms with Crippen LogP contribution >= 0.6 is 11.6 Å². The first-order valence-corrected chi connectivity index (χ1v) is 19.0. The minimum Gasteiger partial charge on any atom is -0.467 e. The van der Waals surface area contributed by atoms with E-state index >= 15 is 4.39 Å². The molecular formula is C40H48ClF3N8O3. The van der Waals surface area contributed by atoms with Crippen LogP contribution in [0, 0.1) is 23.0 Å². The summed E-state index contributed by atoms with van der Waals surface area (Å²) in [5.41, 5.74) is 0.336. The number of aliphatic hydroxyl groups is 1. The van der Waals surface area contributed by atoms with Gasteiger partial charge in [-0.2, -0.15) is 15.2 Å². The Morgan fingerprint density at radius 2 is 1.91 bits per heavy atom. The molecule has 2 aromatic heterocycles. The van der Waals surface area contributed by atoms with Crippen LogP contribution in [0.3, 0.4) is 0 Å². The SMILES string of the molecule is CC#N.CCCN(C/C=C/C(=O)N1CCN(c2nc(OC)nc3c(F)c(-c4cccc5ccc(F)c(Cl)c45)ncc23)CC1)CCO.FC1CC2CCCN2C1. The maximum atomic E-state index is 16.2. The molecule has 1 N–H and O–H groups in total. The quantitative estimate of drug-likeness (QED) is 0.181. The minimum atomic E-state index is -0.704. The Labute approximate surface area is 325 Å². The van der Waals surface area contributed by atoms with E-state index in [-0.39, 0.29) is 34.8 Å². The summed E-state index contributed by atoms with van der Waals surface area (Å²) in [6, 6.07) is 10.3. The highest BCUT2D eigenvalue weighted by atomic mass is 35.5. The second-order valence-corrected chi connectivity index (χ2v) is 13.9. The van der Waals surface area contributed by atoms with Gasteiger partial charge in [-0.05, 0) is 50.2 Å². The number of carbonyl (C=O) groups is 1. The second-order valence-electron chi connectivity index (χ2n) is 13.6. The Hall–Kier alpha value is -4.55. The van der Waals surface area contributed by atoms with Crippen molar-refractivity contribution in [3.63, 3.8) is 0 Å². The van der Waals surface area contributed by atoms with Gasteiger partial charge in [-0.25, -0.2) is 13.2 Å². The van der Waals surface area contributed by atoms with Gasteiger partial charge in [-0.1, -0.05) is 48.9 Å². The third-order valence-electron chi connectivity index (χ3n) is 9.95. The summed E-state index contributed by atoms with van der Waals surface area (Å²) in [4.78, 5) is 34.1. The highest BCUT2D eigenvalue weighted by Crippen LogP contribution is 2.38. The molecule has 1 amide bonds. The fourth-order valence-corrected chi connectivity index (χ4v) is 7.65. The number of fused-ring (bicyclic) bond motifs is 3. The molecule has 2 atom stereocenters. The maximum absolute atomic E-state index is 16.2. The van der Waals surface area contributed by atoms with Gasteiger partial charge >= 0.3 is 6.01 Å². The molecule has 2 aromatic carbocycles. The van der Waals surface area contributed by atoms with Crippen molar-refractivity contribution < 1.29 is 27.8 Å². The van der Waals surface area contributed by atoms with Crippen LogP contribution in [-0.2, 0) is 4.79 Å². The summed E-state index contributed by atoms with van der Waals surface area (Å²) < 4.78 is 48.5. The number of piperazine rings is 1. The van der Waals surface area contributed by atoms with Crippen LogP contribution in [0.4, 0.5) is 19.0 Å². The van der Waals surface area contributed by atoms with Crippen LogP contribution in [0.25, 0.3) is 32.9 Å². The first-order chi connectivity index (χ1) is 26.6. The normalized spacial score (nSPS) is 18.3.